The number of carbonyl (C=O) groups is 5. The van der Waals surface area contributed by atoms with Gasteiger partial charge in [0.05, 0.1) is 25.2 Å². The Morgan fingerprint density at radius 1 is 0.897 bits per heavy atom. The number of rotatable bonds is 12. The molecule has 0 aromatic rings. The third-order valence-electron chi connectivity index (χ3n) is 3.87. The Balaban J connectivity index is 5.17. The first-order valence-electron chi connectivity index (χ1n) is 8.78. The summed E-state index contributed by atoms with van der Waals surface area (Å²) in [5, 5.41) is 34.7. The molecule has 0 saturated heterocycles. The van der Waals surface area contributed by atoms with Crippen molar-refractivity contribution in [2.75, 3.05) is 6.61 Å². The molecule has 0 bridgehead atoms. The van der Waals surface area contributed by atoms with E-state index in [0.717, 1.165) is 0 Å². The Bertz CT molecular complexity index is 624. The first-order chi connectivity index (χ1) is 13.3. The normalized spacial score (nSPS) is 16.1. The van der Waals surface area contributed by atoms with Crippen LogP contribution in [0.4, 0.5) is 0 Å². The number of carbonyl (C=O) groups excluding carboxylic acids is 4. The van der Waals surface area contributed by atoms with Gasteiger partial charge in [-0.15, -0.1) is 0 Å². The van der Waals surface area contributed by atoms with Crippen molar-refractivity contribution in [3.63, 3.8) is 0 Å². The summed E-state index contributed by atoms with van der Waals surface area (Å²) in [5.41, 5.74) is 10.4. The number of nitrogens with one attached hydrogen (secondary N) is 3. The number of aliphatic hydroxyl groups excluding tert-OH is 2. The number of nitrogens with two attached hydrogens (primary N) is 2. The van der Waals surface area contributed by atoms with Gasteiger partial charge in [0.15, 0.2) is 0 Å². The van der Waals surface area contributed by atoms with Crippen LogP contribution >= 0.6 is 0 Å². The summed E-state index contributed by atoms with van der Waals surface area (Å²) in [6.45, 7) is 3.42. The third-order valence-corrected chi connectivity index (χ3v) is 3.87. The second-order valence-electron chi connectivity index (χ2n) is 6.82. The highest BCUT2D eigenvalue weighted by atomic mass is 16.4. The van der Waals surface area contributed by atoms with E-state index in [2.05, 4.69) is 16.0 Å². The number of aliphatic carboxylic acids is 1. The molecule has 0 aromatic carbocycles. The molecule has 0 saturated carbocycles. The number of aliphatic hydroxyl groups is 2. The Labute approximate surface area is 167 Å². The van der Waals surface area contributed by atoms with E-state index in [1.54, 1.807) is 13.8 Å². The van der Waals surface area contributed by atoms with Crippen LogP contribution in [0.25, 0.3) is 0 Å². The van der Waals surface area contributed by atoms with Crippen LogP contribution in [0.2, 0.25) is 0 Å². The Morgan fingerprint density at radius 2 is 1.41 bits per heavy atom. The number of carboxylic acid groups (broad SMARTS) is 1. The minimum Gasteiger partial charge on any atom is -0.480 e. The highest BCUT2D eigenvalue weighted by Crippen LogP contribution is 2.03. The fraction of sp³-hybridized carbons (Fsp3) is 0.688. The lowest BCUT2D eigenvalue weighted by molar-refractivity contribution is -0.144. The van der Waals surface area contributed by atoms with Crippen LogP contribution in [0.5, 0.6) is 0 Å². The molecular formula is C16H29N5O8. The number of carboxylic acids is 1. The zero-order valence-electron chi connectivity index (χ0n) is 16.4. The minimum absolute atomic E-state index is 0.470. The van der Waals surface area contributed by atoms with Crippen molar-refractivity contribution in [3.8, 4) is 0 Å². The van der Waals surface area contributed by atoms with Crippen LogP contribution in [0.3, 0.4) is 0 Å². The molecule has 0 aliphatic heterocycles. The monoisotopic (exact) mass is 419 g/mol. The first-order valence-corrected chi connectivity index (χ1v) is 8.78. The average molecular weight is 419 g/mol. The lowest BCUT2D eigenvalue weighted by Gasteiger charge is -2.26. The van der Waals surface area contributed by atoms with Crippen molar-refractivity contribution in [2.45, 2.75) is 57.5 Å². The van der Waals surface area contributed by atoms with E-state index in [1.807, 2.05) is 0 Å². The van der Waals surface area contributed by atoms with Crippen molar-refractivity contribution >= 4 is 29.6 Å². The Morgan fingerprint density at radius 3 is 1.79 bits per heavy atom. The SMILES string of the molecule is CC(C)C(NC(=O)C(CO)NC(=O)C(NC(=O)C(N)CC(N)=O)C(C)O)C(=O)O. The predicted molar refractivity (Wildman–Crippen MR) is 98.8 cm³/mol. The smallest absolute Gasteiger partial charge is 0.326 e. The molecule has 0 rings (SSSR count). The zero-order valence-corrected chi connectivity index (χ0v) is 16.4. The van der Waals surface area contributed by atoms with Crippen LogP contribution in [-0.4, -0.2) is 81.8 Å². The van der Waals surface area contributed by atoms with Gasteiger partial charge in [-0.1, -0.05) is 13.8 Å². The summed E-state index contributed by atoms with van der Waals surface area (Å²) in [6.07, 6.45) is -1.92. The summed E-state index contributed by atoms with van der Waals surface area (Å²) in [7, 11) is 0. The predicted octanol–water partition coefficient (Wildman–Crippen LogP) is -4.24. The van der Waals surface area contributed by atoms with Gasteiger partial charge < -0.3 is 42.7 Å². The second-order valence-corrected chi connectivity index (χ2v) is 6.82. The van der Waals surface area contributed by atoms with Gasteiger partial charge in [0.1, 0.15) is 18.1 Å². The maximum atomic E-state index is 12.4. The highest BCUT2D eigenvalue weighted by molar-refractivity contribution is 5.95. The van der Waals surface area contributed by atoms with Crippen molar-refractivity contribution in [2.24, 2.45) is 17.4 Å². The van der Waals surface area contributed by atoms with E-state index in [4.69, 9.17) is 16.6 Å². The van der Waals surface area contributed by atoms with Crippen LogP contribution in [0.15, 0.2) is 0 Å². The number of hydrogen-bond donors (Lipinski definition) is 8. The summed E-state index contributed by atoms with van der Waals surface area (Å²) in [4.78, 5) is 58.5. The molecular weight excluding hydrogens is 390 g/mol. The van der Waals surface area contributed by atoms with Gasteiger partial charge in [-0.3, -0.25) is 19.2 Å². The molecule has 0 aliphatic rings. The van der Waals surface area contributed by atoms with Crippen molar-refractivity contribution in [1.29, 1.82) is 0 Å². The standard InChI is InChI=1S/C16H29N5O8/c1-6(2)11(16(28)29)20-14(26)9(5-22)19-15(27)12(7(3)23)21-13(25)8(17)4-10(18)24/h6-9,11-12,22-23H,4-5,17H2,1-3H3,(H2,18,24)(H,19,27)(H,20,26)(H,21,25)(H,28,29). The maximum absolute atomic E-state index is 12.4. The molecule has 0 aromatic heterocycles. The fourth-order valence-corrected chi connectivity index (χ4v) is 2.20. The molecule has 10 N–H and O–H groups in total. The van der Waals surface area contributed by atoms with E-state index in [-0.39, 0.29) is 0 Å². The Hall–Kier alpha value is -2.77. The topological polar surface area (TPSA) is 234 Å². The van der Waals surface area contributed by atoms with E-state index in [1.165, 1.54) is 6.92 Å². The van der Waals surface area contributed by atoms with Crippen molar-refractivity contribution in [3.05, 3.63) is 0 Å². The maximum Gasteiger partial charge on any atom is 0.326 e. The van der Waals surface area contributed by atoms with E-state index >= 15 is 0 Å². The van der Waals surface area contributed by atoms with Crippen LogP contribution in [0.1, 0.15) is 27.2 Å². The lowest BCUT2D eigenvalue weighted by Crippen LogP contribution is -2.61. The molecule has 0 aliphatic carbocycles. The summed E-state index contributed by atoms with van der Waals surface area (Å²) >= 11 is 0. The highest BCUT2D eigenvalue weighted by Gasteiger charge is 2.32. The van der Waals surface area contributed by atoms with Crippen molar-refractivity contribution in [1.82, 2.24) is 16.0 Å². The van der Waals surface area contributed by atoms with E-state index < -0.39 is 78.8 Å². The molecule has 0 radical (unpaired) electrons. The van der Waals surface area contributed by atoms with E-state index in [0.29, 0.717) is 0 Å². The molecule has 29 heavy (non-hydrogen) atoms. The number of hydrogen-bond acceptors (Lipinski definition) is 8. The van der Waals surface area contributed by atoms with Gasteiger partial charge >= 0.3 is 5.97 Å². The third kappa shape index (κ3) is 8.85. The first kappa shape index (κ1) is 26.2. The van der Waals surface area contributed by atoms with Crippen LogP contribution < -0.4 is 27.4 Å². The molecule has 5 unspecified atom stereocenters. The fourth-order valence-electron chi connectivity index (χ4n) is 2.20. The molecule has 13 heteroatoms. The molecule has 13 nitrogen and oxygen atoms in total. The molecule has 5 atom stereocenters. The van der Waals surface area contributed by atoms with Gasteiger partial charge in [-0.25, -0.2) is 4.79 Å². The molecule has 0 spiro atoms. The lowest BCUT2D eigenvalue weighted by atomic mass is 10.0. The molecule has 0 fully saturated rings. The van der Waals surface area contributed by atoms with Crippen LogP contribution in [-0.2, 0) is 24.0 Å². The van der Waals surface area contributed by atoms with Crippen LogP contribution in [0, 0.1) is 5.92 Å². The average Bonchev–Trinajstić information content (AvgIpc) is 2.59. The van der Waals surface area contributed by atoms with Gasteiger partial charge in [0.25, 0.3) is 0 Å². The number of amides is 4. The molecule has 4 amide bonds. The summed E-state index contributed by atoms with van der Waals surface area (Å²) < 4.78 is 0. The summed E-state index contributed by atoms with van der Waals surface area (Å²) in [5.74, 6) is -5.56. The van der Waals surface area contributed by atoms with Gasteiger partial charge in [-0.2, -0.15) is 0 Å². The van der Waals surface area contributed by atoms with Gasteiger partial charge in [-0.05, 0) is 12.8 Å². The van der Waals surface area contributed by atoms with E-state index in [9.17, 15) is 34.2 Å². The van der Waals surface area contributed by atoms with Gasteiger partial charge in [0, 0.05) is 0 Å². The number of primary amides is 1. The van der Waals surface area contributed by atoms with Gasteiger partial charge in [0.2, 0.25) is 23.6 Å². The largest absolute Gasteiger partial charge is 0.480 e. The Kier molecular flexibility index (Phi) is 10.8. The zero-order chi connectivity index (χ0) is 22.9. The molecule has 0 heterocycles. The minimum atomic E-state index is -1.57. The quantitative estimate of drug-likeness (QED) is 0.153. The second kappa shape index (κ2) is 11.9. The van der Waals surface area contributed by atoms with Crippen molar-refractivity contribution < 1.29 is 39.3 Å². The molecule has 166 valence electrons. The summed E-state index contributed by atoms with van der Waals surface area (Å²) in [6, 6.07) is -5.72.